The number of benzene rings is 1. The van der Waals surface area contributed by atoms with Crippen molar-refractivity contribution in [3.05, 3.63) is 29.3 Å². The van der Waals surface area contributed by atoms with Crippen LogP contribution in [0.2, 0.25) is 0 Å². The molecule has 0 aromatic heterocycles. The fourth-order valence-electron chi connectivity index (χ4n) is 1.26. The van der Waals surface area contributed by atoms with E-state index in [1.807, 2.05) is 0 Å². The van der Waals surface area contributed by atoms with Crippen LogP contribution in [-0.4, -0.2) is 32.8 Å². The quantitative estimate of drug-likeness (QED) is 0.884. The topological polar surface area (TPSA) is 80.5 Å². The van der Waals surface area contributed by atoms with Gasteiger partial charge >= 0.3 is 0 Å². The highest BCUT2D eigenvalue weighted by atomic mass is 32.2. The largest absolute Gasteiger partial charge is 0.342 e. The predicted molar refractivity (Wildman–Crippen MR) is 60.4 cm³/mol. The Bertz CT molecular complexity index is 587. The summed E-state index contributed by atoms with van der Waals surface area (Å²) in [5.74, 6) is -3.21. The fraction of sp³-hybridized carbons (Fsp3) is 0.300. The smallest absolute Gasteiger partial charge is 0.256 e. The number of rotatable bonds is 3. The van der Waals surface area contributed by atoms with Gasteiger partial charge in [0.2, 0.25) is 10.0 Å². The van der Waals surface area contributed by atoms with Crippen molar-refractivity contribution in [1.82, 2.24) is 4.90 Å². The molecule has 5 nitrogen and oxygen atoms in total. The molecule has 0 spiro atoms. The molecule has 1 aromatic rings. The third-order valence-electron chi connectivity index (χ3n) is 2.38. The van der Waals surface area contributed by atoms with Crippen LogP contribution in [0.15, 0.2) is 17.0 Å². The number of nitrogens with zero attached hydrogens (tertiary/aromatic N) is 1. The van der Waals surface area contributed by atoms with E-state index in [4.69, 9.17) is 5.14 Å². The first kappa shape index (κ1) is 14.5. The highest BCUT2D eigenvalue weighted by Gasteiger charge is 2.22. The summed E-state index contributed by atoms with van der Waals surface area (Å²) >= 11 is 0. The van der Waals surface area contributed by atoms with E-state index in [2.05, 4.69) is 0 Å². The highest BCUT2D eigenvalue weighted by Crippen LogP contribution is 2.19. The minimum atomic E-state index is -4.35. The molecule has 0 atom stereocenters. The molecule has 0 fully saturated rings. The minimum Gasteiger partial charge on any atom is -0.342 e. The van der Waals surface area contributed by atoms with Crippen LogP contribution in [0.5, 0.6) is 0 Å². The monoisotopic (exact) mass is 278 g/mol. The van der Waals surface area contributed by atoms with Crippen molar-refractivity contribution < 1.29 is 22.0 Å². The van der Waals surface area contributed by atoms with E-state index in [9.17, 15) is 22.0 Å². The number of hydrogen-bond acceptors (Lipinski definition) is 3. The summed E-state index contributed by atoms with van der Waals surface area (Å²) in [6.07, 6.45) is 0. The Kier molecular flexibility index (Phi) is 4.02. The first-order chi connectivity index (χ1) is 8.18. The van der Waals surface area contributed by atoms with Crippen LogP contribution >= 0.6 is 0 Å². The minimum absolute atomic E-state index is 0.292. The lowest BCUT2D eigenvalue weighted by Gasteiger charge is -2.15. The lowest BCUT2D eigenvalue weighted by Crippen LogP contribution is -2.28. The van der Waals surface area contributed by atoms with Gasteiger partial charge in [-0.05, 0) is 13.0 Å². The molecule has 1 amide bonds. The van der Waals surface area contributed by atoms with Crippen molar-refractivity contribution in [3.63, 3.8) is 0 Å². The number of sulfonamides is 1. The van der Waals surface area contributed by atoms with Crippen LogP contribution in [0.3, 0.4) is 0 Å². The predicted octanol–water partition coefficient (Wildman–Crippen LogP) is 0.704. The molecule has 0 saturated heterocycles. The van der Waals surface area contributed by atoms with Crippen molar-refractivity contribution >= 4 is 15.9 Å². The molecule has 0 aliphatic rings. The standard InChI is InChI=1S/C10H12F2N2O3S/c1-3-14(2)10(15)6-4-9(18(13,16)17)8(12)5-7(6)11/h4-5H,3H2,1-2H3,(H2,13,16,17). The molecule has 0 bridgehead atoms. The summed E-state index contributed by atoms with van der Waals surface area (Å²) in [7, 11) is -2.95. The van der Waals surface area contributed by atoms with Gasteiger partial charge in [-0.2, -0.15) is 0 Å². The Morgan fingerprint density at radius 1 is 1.33 bits per heavy atom. The maximum absolute atomic E-state index is 13.4. The number of nitrogens with two attached hydrogens (primary N) is 1. The highest BCUT2D eigenvalue weighted by molar-refractivity contribution is 7.89. The molecule has 0 unspecified atom stereocenters. The Hall–Kier alpha value is -1.54. The lowest BCUT2D eigenvalue weighted by molar-refractivity contribution is 0.0797. The van der Waals surface area contributed by atoms with Gasteiger partial charge in [0.25, 0.3) is 5.91 Å². The SMILES string of the molecule is CCN(C)C(=O)c1cc(S(N)(=O)=O)c(F)cc1F. The molecule has 0 aliphatic carbocycles. The summed E-state index contributed by atoms with van der Waals surface area (Å²) in [6, 6.07) is 0.935. The third kappa shape index (κ3) is 2.82. The summed E-state index contributed by atoms with van der Waals surface area (Å²) in [5.41, 5.74) is -0.537. The van der Waals surface area contributed by atoms with Crippen LogP contribution < -0.4 is 5.14 Å². The second kappa shape index (κ2) is 4.99. The van der Waals surface area contributed by atoms with Gasteiger partial charge in [-0.15, -0.1) is 0 Å². The summed E-state index contributed by atoms with van der Waals surface area (Å²) < 4.78 is 48.8. The Balaban J connectivity index is 3.44. The van der Waals surface area contributed by atoms with Gasteiger partial charge in [0.1, 0.15) is 16.5 Å². The lowest BCUT2D eigenvalue weighted by atomic mass is 10.2. The Morgan fingerprint density at radius 2 is 1.89 bits per heavy atom. The van der Waals surface area contributed by atoms with Crippen LogP contribution in [0.1, 0.15) is 17.3 Å². The molecule has 0 radical (unpaired) electrons. The first-order valence-corrected chi connectivity index (χ1v) is 6.50. The maximum atomic E-state index is 13.4. The molecule has 100 valence electrons. The zero-order valence-corrected chi connectivity index (χ0v) is 10.6. The van der Waals surface area contributed by atoms with Crippen molar-refractivity contribution in [1.29, 1.82) is 0 Å². The molecular weight excluding hydrogens is 266 g/mol. The second-order valence-electron chi connectivity index (χ2n) is 3.63. The van der Waals surface area contributed by atoms with Crippen LogP contribution in [0.25, 0.3) is 0 Å². The molecule has 0 saturated carbocycles. The fourth-order valence-corrected chi connectivity index (χ4v) is 1.87. The van der Waals surface area contributed by atoms with Gasteiger partial charge < -0.3 is 4.90 Å². The summed E-state index contributed by atoms with van der Waals surface area (Å²) in [5, 5.41) is 4.77. The van der Waals surface area contributed by atoms with E-state index in [1.54, 1.807) is 6.92 Å². The molecule has 0 aliphatic heterocycles. The van der Waals surface area contributed by atoms with Gasteiger partial charge in [-0.1, -0.05) is 0 Å². The molecule has 0 heterocycles. The van der Waals surface area contributed by atoms with Crippen LogP contribution in [0, 0.1) is 11.6 Å². The summed E-state index contributed by atoms with van der Waals surface area (Å²) in [4.78, 5) is 12.0. The van der Waals surface area contributed by atoms with E-state index in [1.165, 1.54) is 7.05 Å². The van der Waals surface area contributed by atoms with Crippen molar-refractivity contribution in [2.24, 2.45) is 5.14 Å². The molecule has 1 rings (SSSR count). The molecular formula is C10H12F2N2O3S. The molecule has 8 heteroatoms. The van der Waals surface area contributed by atoms with E-state index < -0.39 is 38.0 Å². The maximum Gasteiger partial charge on any atom is 0.256 e. The zero-order valence-electron chi connectivity index (χ0n) is 9.78. The van der Waals surface area contributed by atoms with Crippen molar-refractivity contribution in [2.75, 3.05) is 13.6 Å². The molecule has 2 N–H and O–H groups in total. The normalized spacial score (nSPS) is 11.4. The van der Waals surface area contributed by atoms with Gasteiger partial charge in [0, 0.05) is 19.7 Å². The third-order valence-corrected chi connectivity index (χ3v) is 3.31. The van der Waals surface area contributed by atoms with E-state index in [0.29, 0.717) is 18.7 Å². The van der Waals surface area contributed by atoms with E-state index in [0.717, 1.165) is 4.90 Å². The number of primary sulfonamides is 1. The van der Waals surface area contributed by atoms with Gasteiger partial charge in [0.05, 0.1) is 5.56 Å². The van der Waals surface area contributed by atoms with Crippen LogP contribution in [0.4, 0.5) is 8.78 Å². The average Bonchev–Trinajstić information content (AvgIpc) is 2.25. The number of amides is 1. The number of halogens is 2. The zero-order chi connectivity index (χ0) is 14.1. The average molecular weight is 278 g/mol. The molecule has 1 aromatic carbocycles. The number of carbonyl (C=O) groups excluding carboxylic acids is 1. The van der Waals surface area contributed by atoms with Crippen LogP contribution in [-0.2, 0) is 10.0 Å². The Labute approximate surface area is 103 Å². The van der Waals surface area contributed by atoms with Gasteiger partial charge in [-0.25, -0.2) is 22.3 Å². The van der Waals surface area contributed by atoms with Gasteiger partial charge in [0.15, 0.2) is 0 Å². The van der Waals surface area contributed by atoms with E-state index in [-0.39, 0.29) is 0 Å². The van der Waals surface area contributed by atoms with E-state index >= 15 is 0 Å². The van der Waals surface area contributed by atoms with Crippen molar-refractivity contribution in [3.8, 4) is 0 Å². The van der Waals surface area contributed by atoms with Crippen molar-refractivity contribution in [2.45, 2.75) is 11.8 Å². The first-order valence-electron chi connectivity index (χ1n) is 4.95. The number of hydrogen-bond donors (Lipinski definition) is 1. The van der Waals surface area contributed by atoms with Gasteiger partial charge in [-0.3, -0.25) is 4.79 Å². The molecule has 18 heavy (non-hydrogen) atoms. The summed E-state index contributed by atoms with van der Waals surface area (Å²) in [6.45, 7) is 1.94. The second-order valence-corrected chi connectivity index (χ2v) is 5.16. The Morgan fingerprint density at radius 3 is 2.33 bits per heavy atom. The number of carbonyl (C=O) groups is 1.